The predicted molar refractivity (Wildman–Crippen MR) is 97.1 cm³/mol. The smallest absolute Gasteiger partial charge is 0.251 e. The first-order valence-electron chi connectivity index (χ1n) is 9.55. The molecule has 0 bridgehead atoms. The molecule has 140 valence electrons. The van der Waals surface area contributed by atoms with Gasteiger partial charge in [0.25, 0.3) is 5.79 Å². The molecule has 26 heavy (non-hydrogen) atoms. The van der Waals surface area contributed by atoms with Crippen LogP contribution in [0.15, 0.2) is 18.2 Å². The highest BCUT2D eigenvalue weighted by Gasteiger charge is 2.44. The molecule has 0 aromatic heterocycles. The van der Waals surface area contributed by atoms with Gasteiger partial charge in [-0.15, -0.1) is 0 Å². The second-order valence-electron chi connectivity index (χ2n) is 8.07. The first-order valence-corrected chi connectivity index (χ1v) is 9.55. The van der Waals surface area contributed by atoms with Crippen molar-refractivity contribution in [3.05, 3.63) is 18.2 Å². The van der Waals surface area contributed by atoms with Gasteiger partial charge in [0, 0.05) is 44.1 Å². The zero-order valence-electron chi connectivity index (χ0n) is 15.4. The van der Waals surface area contributed by atoms with Crippen molar-refractivity contribution in [1.82, 2.24) is 4.90 Å². The molecule has 1 spiro atoms. The molecule has 1 saturated carbocycles. The third-order valence-electron chi connectivity index (χ3n) is 5.34. The van der Waals surface area contributed by atoms with Gasteiger partial charge >= 0.3 is 0 Å². The number of fused-ring (bicyclic) bond motifs is 1. The first kappa shape index (κ1) is 17.2. The number of likely N-dealkylation sites (tertiary alicyclic amines) is 1. The normalized spacial score (nSPS) is 23.3. The van der Waals surface area contributed by atoms with Gasteiger partial charge in [0.2, 0.25) is 11.8 Å². The van der Waals surface area contributed by atoms with Crippen LogP contribution in [0.4, 0.5) is 5.69 Å². The minimum absolute atomic E-state index is 0.0627. The van der Waals surface area contributed by atoms with Crippen LogP contribution in [0.1, 0.15) is 46.0 Å². The molecule has 6 heteroatoms. The Balaban J connectivity index is 1.40. The summed E-state index contributed by atoms with van der Waals surface area (Å²) in [6, 6.07) is 5.50. The van der Waals surface area contributed by atoms with Crippen molar-refractivity contribution >= 4 is 17.5 Å². The number of amides is 2. The van der Waals surface area contributed by atoms with Crippen LogP contribution in [-0.2, 0) is 9.59 Å². The molecule has 2 amide bonds. The SMILES string of the molecule is CC(C)CN1CC(C(=O)Nc2ccc3c(c2)OC2(CCCC2)O3)CC1=O. The van der Waals surface area contributed by atoms with Gasteiger partial charge in [-0.3, -0.25) is 9.59 Å². The Morgan fingerprint density at radius 2 is 2.00 bits per heavy atom. The molecule has 2 fully saturated rings. The molecule has 1 aliphatic carbocycles. The minimum Gasteiger partial charge on any atom is -0.448 e. The van der Waals surface area contributed by atoms with E-state index in [1.807, 2.05) is 18.2 Å². The molecule has 2 aliphatic heterocycles. The third-order valence-corrected chi connectivity index (χ3v) is 5.34. The van der Waals surface area contributed by atoms with E-state index in [-0.39, 0.29) is 24.2 Å². The van der Waals surface area contributed by atoms with Crippen LogP contribution in [0.25, 0.3) is 0 Å². The number of anilines is 1. The standard InChI is InChI=1S/C20H26N2O4/c1-13(2)11-22-12-14(9-18(22)23)19(24)21-15-5-6-16-17(10-15)26-20(25-16)7-3-4-8-20/h5-6,10,13-14H,3-4,7-9,11-12H2,1-2H3,(H,21,24). The number of carbonyl (C=O) groups is 2. The third kappa shape index (κ3) is 3.24. The fourth-order valence-corrected chi connectivity index (χ4v) is 4.10. The molecule has 4 rings (SSSR count). The van der Waals surface area contributed by atoms with Crippen molar-refractivity contribution in [2.45, 2.75) is 51.7 Å². The van der Waals surface area contributed by atoms with Crippen molar-refractivity contribution in [3.8, 4) is 11.5 Å². The van der Waals surface area contributed by atoms with Crippen LogP contribution >= 0.6 is 0 Å². The quantitative estimate of drug-likeness (QED) is 0.898. The van der Waals surface area contributed by atoms with Crippen LogP contribution in [-0.4, -0.2) is 35.6 Å². The average Bonchev–Trinajstić information content (AvgIpc) is 3.27. The van der Waals surface area contributed by atoms with Gasteiger partial charge in [-0.25, -0.2) is 0 Å². The summed E-state index contributed by atoms with van der Waals surface area (Å²) in [5.74, 6) is 0.982. The minimum atomic E-state index is -0.500. The molecule has 2 heterocycles. The van der Waals surface area contributed by atoms with Gasteiger partial charge in [-0.1, -0.05) is 13.8 Å². The van der Waals surface area contributed by atoms with Gasteiger partial charge < -0.3 is 19.7 Å². The van der Waals surface area contributed by atoms with Gasteiger partial charge in [-0.05, 0) is 30.9 Å². The second-order valence-corrected chi connectivity index (χ2v) is 8.07. The highest BCUT2D eigenvalue weighted by atomic mass is 16.7. The van der Waals surface area contributed by atoms with E-state index in [9.17, 15) is 9.59 Å². The molecule has 0 radical (unpaired) electrons. The lowest BCUT2D eigenvalue weighted by Crippen LogP contribution is -2.34. The van der Waals surface area contributed by atoms with Crippen LogP contribution in [0.5, 0.6) is 11.5 Å². The summed E-state index contributed by atoms with van der Waals surface area (Å²) >= 11 is 0. The molecular weight excluding hydrogens is 332 g/mol. The van der Waals surface area contributed by atoms with Crippen molar-refractivity contribution in [1.29, 1.82) is 0 Å². The number of carbonyl (C=O) groups excluding carboxylic acids is 2. The van der Waals surface area contributed by atoms with Crippen molar-refractivity contribution in [2.24, 2.45) is 11.8 Å². The van der Waals surface area contributed by atoms with E-state index in [1.165, 1.54) is 0 Å². The average molecular weight is 358 g/mol. The Bertz CT molecular complexity index is 725. The Morgan fingerprint density at radius 1 is 1.27 bits per heavy atom. The fraction of sp³-hybridized carbons (Fsp3) is 0.600. The van der Waals surface area contributed by atoms with E-state index >= 15 is 0 Å². The Hall–Kier alpha value is -2.24. The Labute approximate surface area is 153 Å². The summed E-state index contributed by atoms with van der Waals surface area (Å²) in [6.45, 7) is 5.35. The van der Waals surface area contributed by atoms with Crippen LogP contribution in [0, 0.1) is 11.8 Å². The molecule has 1 atom stereocenters. The molecule has 1 aromatic carbocycles. The van der Waals surface area contributed by atoms with Gasteiger partial charge in [0.05, 0.1) is 5.92 Å². The van der Waals surface area contributed by atoms with E-state index in [4.69, 9.17) is 9.47 Å². The molecule has 1 N–H and O–H groups in total. The van der Waals surface area contributed by atoms with Crippen molar-refractivity contribution in [3.63, 3.8) is 0 Å². The summed E-state index contributed by atoms with van der Waals surface area (Å²) < 4.78 is 12.0. The first-order chi connectivity index (χ1) is 12.4. The van der Waals surface area contributed by atoms with Crippen LogP contribution < -0.4 is 14.8 Å². The number of nitrogens with zero attached hydrogens (tertiary/aromatic N) is 1. The summed E-state index contributed by atoms with van der Waals surface area (Å²) in [7, 11) is 0. The molecule has 3 aliphatic rings. The largest absolute Gasteiger partial charge is 0.448 e. The number of hydrogen-bond donors (Lipinski definition) is 1. The number of nitrogens with one attached hydrogen (secondary N) is 1. The van der Waals surface area contributed by atoms with Gasteiger partial charge in [0.15, 0.2) is 11.5 Å². The van der Waals surface area contributed by atoms with E-state index in [0.29, 0.717) is 30.4 Å². The Morgan fingerprint density at radius 3 is 2.73 bits per heavy atom. The summed E-state index contributed by atoms with van der Waals surface area (Å²) in [6.07, 6.45) is 4.31. The summed E-state index contributed by atoms with van der Waals surface area (Å²) in [4.78, 5) is 26.5. The monoisotopic (exact) mass is 358 g/mol. The molecule has 6 nitrogen and oxygen atoms in total. The molecule has 1 unspecified atom stereocenters. The highest BCUT2D eigenvalue weighted by Crippen LogP contribution is 2.47. The molecule has 1 saturated heterocycles. The second kappa shape index (κ2) is 6.49. The lowest BCUT2D eigenvalue weighted by Gasteiger charge is -2.21. The zero-order valence-corrected chi connectivity index (χ0v) is 15.4. The van der Waals surface area contributed by atoms with E-state index in [2.05, 4.69) is 19.2 Å². The number of benzene rings is 1. The summed E-state index contributed by atoms with van der Waals surface area (Å²) in [5, 5.41) is 2.93. The van der Waals surface area contributed by atoms with Crippen LogP contribution in [0.2, 0.25) is 0 Å². The lowest BCUT2D eigenvalue weighted by atomic mass is 10.1. The summed E-state index contributed by atoms with van der Waals surface area (Å²) in [5.41, 5.74) is 0.683. The molecule has 1 aromatic rings. The maximum atomic E-state index is 12.6. The fourth-order valence-electron chi connectivity index (χ4n) is 4.10. The maximum absolute atomic E-state index is 12.6. The Kier molecular flexibility index (Phi) is 4.29. The number of rotatable bonds is 4. The lowest BCUT2D eigenvalue weighted by molar-refractivity contribution is -0.128. The maximum Gasteiger partial charge on any atom is 0.251 e. The molecular formula is C20H26N2O4. The number of ether oxygens (including phenoxy) is 2. The van der Waals surface area contributed by atoms with Gasteiger partial charge in [0.1, 0.15) is 0 Å². The number of hydrogen-bond acceptors (Lipinski definition) is 4. The predicted octanol–water partition coefficient (Wildman–Crippen LogP) is 3.17. The van der Waals surface area contributed by atoms with E-state index in [0.717, 1.165) is 31.4 Å². The zero-order chi connectivity index (χ0) is 18.3. The van der Waals surface area contributed by atoms with Crippen molar-refractivity contribution < 1.29 is 19.1 Å². The van der Waals surface area contributed by atoms with Crippen LogP contribution in [0.3, 0.4) is 0 Å². The topological polar surface area (TPSA) is 67.9 Å². The van der Waals surface area contributed by atoms with Crippen molar-refractivity contribution in [2.75, 3.05) is 18.4 Å². The van der Waals surface area contributed by atoms with Gasteiger partial charge in [-0.2, -0.15) is 0 Å². The van der Waals surface area contributed by atoms with E-state index < -0.39 is 5.79 Å². The highest BCUT2D eigenvalue weighted by molar-refractivity contribution is 5.97. The van der Waals surface area contributed by atoms with E-state index in [1.54, 1.807) is 4.90 Å².